The second-order valence-corrected chi connectivity index (χ2v) is 5.64. The molecule has 5 nitrogen and oxygen atoms in total. The SMILES string of the molecule is CSCCCCCNC(=O)N1CC(CC(=O)O)C1. The zero-order valence-corrected chi connectivity index (χ0v) is 11.7. The molecule has 0 atom stereocenters. The van der Waals surface area contributed by atoms with Crippen molar-refractivity contribution in [3.05, 3.63) is 0 Å². The molecule has 0 aliphatic carbocycles. The van der Waals surface area contributed by atoms with Gasteiger partial charge in [-0.25, -0.2) is 4.79 Å². The van der Waals surface area contributed by atoms with Crippen molar-refractivity contribution in [1.29, 1.82) is 0 Å². The van der Waals surface area contributed by atoms with Crippen molar-refractivity contribution in [2.75, 3.05) is 31.6 Å². The lowest BCUT2D eigenvalue weighted by atomic mass is 9.97. The molecule has 104 valence electrons. The number of urea groups is 1. The summed E-state index contributed by atoms with van der Waals surface area (Å²) < 4.78 is 0. The Morgan fingerprint density at radius 2 is 2.06 bits per heavy atom. The summed E-state index contributed by atoms with van der Waals surface area (Å²) in [5.74, 6) is 0.528. The first kappa shape index (κ1) is 15.1. The monoisotopic (exact) mass is 274 g/mol. The third-order valence-electron chi connectivity index (χ3n) is 3.01. The minimum Gasteiger partial charge on any atom is -0.481 e. The maximum absolute atomic E-state index is 11.6. The highest BCUT2D eigenvalue weighted by Crippen LogP contribution is 2.18. The minimum atomic E-state index is -0.783. The Morgan fingerprint density at radius 3 is 2.67 bits per heavy atom. The number of carboxylic acids is 1. The van der Waals surface area contributed by atoms with Crippen LogP contribution in [0.15, 0.2) is 0 Å². The summed E-state index contributed by atoms with van der Waals surface area (Å²) >= 11 is 1.85. The largest absolute Gasteiger partial charge is 0.481 e. The number of likely N-dealkylation sites (tertiary alicyclic amines) is 1. The van der Waals surface area contributed by atoms with Gasteiger partial charge >= 0.3 is 12.0 Å². The van der Waals surface area contributed by atoms with Gasteiger partial charge in [0.05, 0.1) is 6.42 Å². The van der Waals surface area contributed by atoms with E-state index in [1.165, 1.54) is 12.2 Å². The Morgan fingerprint density at radius 1 is 1.33 bits per heavy atom. The fraction of sp³-hybridized carbons (Fsp3) is 0.833. The van der Waals surface area contributed by atoms with E-state index in [-0.39, 0.29) is 18.4 Å². The predicted molar refractivity (Wildman–Crippen MR) is 72.9 cm³/mol. The fourth-order valence-corrected chi connectivity index (χ4v) is 2.46. The standard InChI is InChI=1S/C12H22N2O3S/c1-18-6-4-2-3-5-13-12(17)14-8-10(9-14)7-11(15)16/h10H,2-9H2,1H3,(H,13,17)(H,15,16). The number of nitrogens with one attached hydrogen (secondary N) is 1. The number of unbranched alkanes of at least 4 members (excludes halogenated alkanes) is 2. The number of carbonyl (C=O) groups excluding carboxylic acids is 1. The molecule has 1 aliphatic heterocycles. The molecule has 1 aliphatic rings. The van der Waals surface area contributed by atoms with E-state index < -0.39 is 5.97 Å². The van der Waals surface area contributed by atoms with Crippen LogP contribution < -0.4 is 5.32 Å². The molecular formula is C12H22N2O3S. The molecule has 0 saturated carbocycles. The minimum absolute atomic E-state index is 0.0542. The average molecular weight is 274 g/mol. The highest BCUT2D eigenvalue weighted by atomic mass is 32.2. The van der Waals surface area contributed by atoms with Crippen LogP contribution in [0.25, 0.3) is 0 Å². The van der Waals surface area contributed by atoms with Crippen LogP contribution in [0.3, 0.4) is 0 Å². The molecule has 6 heteroatoms. The summed E-state index contributed by atoms with van der Waals surface area (Å²) in [5.41, 5.74) is 0. The van der Waals surface area contributed by atoms with Crippen LogP contribution >= 0.6 is 11.8 Å². The highest BCUT2D eigenvalue weighted by molar-refractivity contribution is 7.98. The molecule has 0 radical (unpaired) electrons. The van der Waals surface area contributed by atoms with Gasteiger partial charge in [0.25, 0.3) is 0 Å². The third-order valence-corrected chi connectivity index (χ3v) is 3.71. The van der Waals surface area contributed by atoms with Crippen LogP contribution in [-0.4, -0.2) is 53.6 Å². The van der Waals surface area contributed by atoms with Gasteiger partial charge in [0.15, 0.2) is 0 Å². The maximum atomic E-state index is 11.6. The van der Waals surface area contributed by atoms with Gasteiger partial charge in [-0.2, -0.15) is 11.8 Å². The van der Waals surface area contributed by atoms with Crippen molar-refractivity contribution in [1.82, 2.24) is 10.2 Å². The van der Waals surface area contributed by atoms with E-state index in [4.69, 9.17) is 5.11 Å². The smallest absolute Gasteiger partial charge is 0.317 e. The van der Waals surface area contributed by atoms with Crippen molar-refractivity contribution in [3.8, 4) is 0 Å². The lowest BCUT2D eigenvalue weighted by Gasteiger charge is -2.38. The summed E-state index contributed by atoms with van der Waals surface area (Å²) in [7, 11) is 0. The number of hydrogen-bond acceptors (Lipinski definition) is 3. The van der Waals surface area contributed by atoms with Gasteiger partial charge < -0.3 is 15.3 Å². The van der Waals surface area contributed by atoms with Crippen LogP contribution in [0, 0.1) is 5.92 Å². The first-order valence-electron chi connectivity index (χ1n) is 6.37. The van der Waals surface area contributed by atoms with Gasteiger partial charge in [-0.15, -0.1) is 0 Å². The number of nitrogens with zero attached hydrogens (tertiary/aromatic N) is 1. The van der Waals surface area contributed by atoms with Crippen molar-refractivity contribution < 1.29 is 14.7 Å². The van der Waals surface area contributed by atoms with E-state index in [1.54, 1.807) is 4.90 Å². The Kier molecular flexibility index (Phi) is 6.93. The number of aliphatic carboxylic acids is 1. The molecule has 18 heavy (non-hydrogen) atoms. The number of thioether (sulfide) groups is 1. The summed E-state index contributed by atoms with van der Waals surface area (Å²) in [4.78, 5) is 23.7. The van der Waals surface area contributed by atoms with E-state index in [1.807, 2.05) is 11.8 Å². The second kappa shape index (κ2) is 8.24. The van der Waals surface area contributed by atoms with E-state index in [9.17, 15) is 9.59 Å². The Hall–Kier alpha value is -0.910. The van der Waals surface area contributed by atoms with Crippen LogP contribution in [0.5, 0.6) is 0 Å². The van der Waals surface area contributed by atoms with Gasteiger partial charge in [0, 0.05) is 25.6 Å². The molecule has 0 bridgehead atoms. The maximum Gasteiger partial charge on any atom is 0.317 e. The molecule has 1 fully saturated rings. The Balaban J connectivity index is 1.97. The summed E-state index contributed by atoms with van der Waals surface area (Å²) in [5, 5.41) is 11.5. The first-order chi connectivity index (χ1) is 8.63. The first-order valence-corrected chi connectivity index (χ1v) is 7.76. The zero-order chi connectivity index (χ0) is 13.4. The number of carboxylic acid groups (broad SMARTS) is 1. The predicted octanol–water partition coefficient (Wildman–Crippen LogP) is 1.64. The van der Waals surface area contributed by atoms with Crippen LogP contribution in [0.1, 0.15) is 25.7 Å². The second-order valence-electron chi connectivity index (χ2n) is 4.65. The van der Waals surface area contributed by atoms with Gasteiger partial charge in [-0.05, 0) is 24.9 Å². The van der Waals surface area contributed by atoms with E-state index in [2.05, 4.69) is 11.6 Å². The van der Waals surface area contributed by atoms with E-state index in [0.29, 0.717) is 19.6 Å². The van der Waals surface area contributed by atoms with Gasteiger partial charge in [0.1, 0.15) is 0 Å². The van der Waals surface area contributed by atoms with E-state index in [0.717, 1.165) is 12.8 Å². The van der Waals surface area contributed by atoms with Crippen LogP contribution in [0.2, 0.25) is 0 Å². The molecule has 0 aromatic carbocycles. The lowest BCUT2D eigenvalue weighted by molar-refractivity contribution is -0.139. The Labute approximate surface area is 112 Å². The summed E-state index contributed by atoms with van der Waals surface area (Å²) in [6.45, 7) is 1.86. The fourth-order valence-electron chi connectivity index (χ4n) is 1.97. The van der Waals surface area contributed by atoms with Crippen molar-refractivity contribution in [2.45, 2.75) is 25.7 Å². The zero-order valence-electron chi connectivity index (χ0n) is 10.9. The van der Waals surface area contributed by atoms with Crippen LogP contribution in [0.4, 0.5) is 4.79 Å². The Bertz CT molecular complexity index is 280. The number of carbonyl (C=O) groups is 2. The summed E-state index contributed by atoms with van der Waals surface area (Å²) in [6, 6.07) is -0.0542. The molecule has 0 aromatic rings. The van der Waals surface area contributed by atoms with E-state index >= 15 is 0 Å². The molecule has 1 saturated heterocycles. The van der Waals surface area contributed by atoms with Crippen molar-refractivity contribution >= 4 is 23.8 Å². The summed E-state index contributed by atoms with van der Waals surface area (Å²) in [6.07, 6.45) is 5.61. The highest BCUT2D eigenvalue weighted by Gasteiger charge is 2.31. The van der Waals surface area contributed by atoms with Gasteiger partial charge in [0.2, 0.25) is 0 Å². The van der Waals surface area contributed by atoms with Crippen LogP contribution in [-0.2, 0) is 4.79 Å². The number of hydrogen-bond donors (Lipinski definition) is 2. The molecule has 0 spiro atoms. The normalized spacial score (nSPS) is 15.3. The lowest BCUT2D eigenvalue weighted by Crippen LogP contribution is -2.54. The number of rotatable bonds is 8. The molecular weight excluding hydrogens is 252 g/mol. The average Bonchev–Trinajstić information content (AvgIpc) is 2.27. The topological polar surface area (TPSA) is 69.6 Å². The molecule has 0 aromatic heterocycles. The molecule has 1 rings (SSSR count). The molecule has 2 amide bonds. The molecule has 0 unspecified atom stereocenters. The third kappa shape index (κ3) is 5.62. The van der Waals surface area contributed by atoms with Crippen molar-refractivity contribution in [2.24, 2.45) is 5.92 Å². The van der Waals surface area contributed by atoms with Gasteiger partial charge in [-0.1, -0.05) is 6.42 Å². The van der Waals surface area contributed by atoms with Gasteiger partial charge in [-0.3, -0.25) is 4.79 Å². The quantitative estimate of drug-likeness (QED) is 0.660. The van der Waals surface area contributed by atoms with Crippen molar-refractivity contribution in [3.63, 3.8) is 0 Å². The molecule has 1 heterocycles. The number of amides is 2. The molecule has 2 N–H and O–H groups in total.